The molecule has 1 saturated carbocycles. The molecule has 0 unspecified atom stereocenters. The minimum absolute atomic E-state index is 0.100. The molecule has 2 aromatic rings. The summed E-state index contributed by atoms with van der Waals surface area (Å²) in [6.07, 6.45) is 2.59. The van der Waals surface area contributed by atoms with Crippen LogP contribution in [-0.4, -0.2) is 23.1 Å². The molecule has 0 radical (unpaired) electrons. The average molecular weight is 366 g/mol. The maximum absolute atomic E-state index is 12.4. The van der Waals surface area contributed by atoms with Crippen molar-refractivity contribution < 1.29 is 14.8 Å². The summed E-state index contributed by atoms with van der Waals surface area (Å²) in [4.78, 5) is 24.0. The summed E-state index contributed by atoms with van der Waals surface area (Å²) in [5, 5.41) is 11.8. The monoisotopic (exact) mass is 366 g/mol. The van der Waals surface area contributed by atoms with Crippen molar-refractivity contribution in [3.63, 3.8) is 0 Å². The number of hydroxylamine groups is 1. The van der Waals surface area contributed by atoms with E-state index < -0.39 is 5.91 Å². The Bertz CT molecular complexity index is 810. The first kappa shape index (κ1) is 19.1. The fraction of sp³-hybridized carbons (Fsp3) is 0.364. The van der Waals surface area contributed by atoms with Gasteiger partial charge in [-0.25, -0.2) is 5.48 Å². The topological polar surface area (TPSA) is 78.4 Å². The van der Waals surface area contributed by atoms with Gasteiger partial charge in [0.25, 0.3) is 0 Å². The fourth-order valence-electron chi connectivity index (χ4n) is 3.93. The first-order valence-electron chi connectivity index (χ1n) is 9.37. The molecule has 0 saturated heterocycles. The van der Waals surface area contributed by atoms with Gasteiger partial charge in [-0.3, -0.25) is 14.8 Å². The summed E-state index contributed by atoms with van der Waals surface area (Å²) >= 11 is 0. The summed E-state index contributed by atoms with van der Waals surface area (Å²) in [5.74, 6) is -0.877. The molecule has 1 fully saturated rings. The van der Waals surface area contributed by atoms with Gasteiger partial charge >= 0.3 is 0 Å². The molecule has 2 atom stereocenters. The van der Waals surface area contributed by atoms with Crippen LogP contribution in [0.15, 0.2) is 42.5 Å². The van der Waals surface area contributed by atoms with Gasteiger partial charge in [0, 0.05) is 6.04 Å². The van der Waals surface area contributed by atoms with Crippen LogP contribution in [0.2, 0.25) is 0 Å². The van der Waals surface area contributed by atoms with Crippen molar-refractivity contribution in [1.29, 1.82) is 0 Å². The Morgan fingerprint density at radius 1 is 1.00 bits per heavy atom. The van der Waals surface area contributed by atoms with Crippen molar-refractivity contribution in [2.75, 3.05) is 0 Å². The molecular weight excluding hydrogens is 340 g/mol. The van der Waals surface area contributed by atoms with E-state index in [9.17, 15) is 9.59 Å². The van der Waals surface area contributed by atoms with Crippen LogP contribution in [0.25, 0.3) is 11.1 Å². The summed E-state index contributed by atoms with van der Waals surface area (Å²) < 4.78 is 0. The predicted molar refractivity (Wildman–Crippen MR) is 104 cm³/mol. The zero-order valence-corrected chi connectivity index (χ0v) is 15.8. The SMILES string of the molecule is Cc1cc(C)cc(-c2ccc(CC(=O)N[C@@H]3CCC[C@@H]3C(=O)NO)cc2)c1. The van der Waals surface area contributed by atoms with Gasteiger partial charge < -0.3 is 5.32 Å². The van der Waals surface area contributed by atoms with Gasteiger partial charge in [0.05, 0.1) is 12.3 Å². The van der Waals surface area contributed by atoms with Crippen molar-refractivity contribution in [2.45, 2.75) is 45.6 Å². The molecule has 0 aliphatic heterocycles. The fourth-order valence-corrected chi connectivity index (χ4v) is 3.93. The molecule has 142 valence electrons. The number of carbonyl (C=O) groups is 2. The van der Waals surface area contributed by atoms with Crippen molar-refractivity contribution in [2.24, 2.45) is 5.92 Å². The van der Waals surface area contributed by atoms with E-state index in [0.29, 0.717) is 6.42 Å². The first-order chi connectivity index (χ1) is 13.0. The van der Waals surface area contributed by atoms with E-state index in [4.69, 9.17) is 5.21 Å². The third-order valence-corrected chi connectivity index (χ3v) is 5.18. The number of benzene rings is 2. The number of nitrogens with one attached hydrogen (secondary N) is 2. The van der Waals surface area contributed by atoms with Gasteiger partial charge in [-0.15, -0.1) is 0 Å². The smallest absolute Gasteiger partial charge is 0.248 e. The zero-order valence-electron chi connectivity index (χ0n) is 15.8. The second-order valence-electron chi connectivity index (χ2n) is 7.44. The van der Waals surface area contributed by atoms with Gasteiger partial charge in [0.2, 0.25) is 11.8 Å². The van der Waals surface area contributed by atoms with Crippen molar-refractivity contribution in [3.05, 3.63) is 59.2 Å². The van der Waals surface area contributed by atoms with E-state index in [2.05, 4.69) is 37.4 Å². The second-order valence-corrected chi connectivity index (χ2v) is 7.44. The lowest BCUT2D eigenvalue weighted by Gasteiger charge is -2.19. The van der Waals surface area contributed by atoms with Crippen molar-refractivity contribution in [3.8, 4) is 11.1 Å². The normalized spacial score (nSPS) is 18.9. The molecule has 27 heavy (non-hydrogen) atoms. The van der Waals surface area contributed by atoms with Crippen LogP contribution >= 0.6 is 0 Å². The van der Waals surface area contributed by atoms with Gasteiger partial charge in [-0.2, -0.15) is 0 Å². The molecule has 0 spiro atoms. The van der Waals surface area contributed by atoms with E-state index in [1.807, 2.05) is 24.3 Å². The highest BCUT2D eigenvalue weighted by atomic mass is 16.5. The van der Waals surface area contributed by atoms with Gasteiger partial charge in [-0.05, 0) is 43.4 Å². The Hall–Kier alpha value is -2.66. The number of amides is 2. The van der Waals surface area contributed by atoms with Gasteiger partial charge in [-0.1, -0.05) is 60.0 Å². The maximum atomic E-state index is 12.4. The molecule has 2 amide bonds. The van der Waals surface area contributed by atoms with Crippen molar-refractivity contribution >= 4 is 11.8 Å². The molecule has 0 heterocycles. The lowest BCUT2D eigenvalue weighted by atomic mass is 9.99. The van der Waals surface area contributed by atoms with E-state index in [0.717, 1.165) is 24.0 Å². The van der Waals surface area contributed by atoms with Crippen molar-refractivity contribution in [1.82, 2.24) is 10.8 Å². The molecule has 5 nitrogen and oxygen atoms in total. The number of hydrogen-bond donors (Lipinski definition) is 3. The highest BCUT2D eigenvalue weighted by molar-refractivity contribution is 5.82. The van der Waals surface area contributed by atoms with Gasteiger partial charge in [0.15, 0.2) is 0 Å². The lowest BCUT2D eigenvalue weighted by Crippen LogP contribution is -2.43. The van der Waals surface area contributed by atoms with E-state index in [1.165, 1.54) is 16.7 Å². The van der Waals surface area contributed by atoms with Crippen LogP contribution in [-0.2, 0) is 16.0 Å². The Labute approximate surface area is 159 Å². The second kappa shape index (κ2) is 8.35. The molecule has 5 heteroatoms. The number of rotatable bonds is 5. The summed E-state index contributed by atoms with van der Waals surface area (Å²) in [6.45, 7) is 4.17. The lowest BCUT2D eigenvalue weighted by molar-refractivity contribution is -0.134. The van der Waals surface area contributed by atoms with Gasteiger partial charge in [0.1, 0.15) is 0 Å². The van der Waals surface area contributed by atoms with E-state index in [1.54, 1.807) is 5.48 Å². The summed E-state index contributed by atoms with van der Waals surface area (Å²) in [5.41, 5.74) is 7.39. The van der Waals surface area contributed by atoms with Crippen LogP contribution in [0.4, 0.5) is 0 Å². The minimum atomic E-state index is -0.421. The molecule has 3 N–H and O–H groups in total. The molecular formula is C22H26N2O3. The molecule has 2 aromatic carbocycles. The first-order valence-corrected chi connectivity index (χ1v) is 9.37. The van der Waals surface area contributed by atoms with Crippen LogP contribution in [0, 0.1) is 19.8 Å². The maximum Gasteiger partial charge on any atom is 0.248 e. The Kier molecular flexibility index (Phi) is 5.91. The predicted octanol–water partition coefficient (Wildman–Crippen LogP) is 3.30. The molecule has 1 aliphatic carbocycles. The third-order valence-electron chi connectivity index (χ3n) is 5.18. The van der Waals surface area contributed by atoms with E-state index >= 15 is 0 Å². The molecule has 3 rings (SSSR count). The Balaban J connectivity index is 1.62. The molecule has 1 aliphatic rings. The summed E-state index contributed by atoms with van der Waals surface area (Å²) in [6, 6.07) is 14.3. The molecule has 0 aromatic heterocycles. The number of hydrogen-bond acceptors (Lipinski definition) is 3. The zero-order chi connectivity index (χ0) is 19.4. The highest BCUT2D eigenvalue weighted by Crippen LogP contribution is 2.26. The average Bonchev–Trinajstić information content (AvgIpc) is 3.08. The number of carbonyl (C=O) groups excluding carboxylic acids is 2. The van der Waals surface area contributed by atoms with Crippen LogP contribution in [0.3, 0.4) is 0 Å². The number of aryl methyl sites for hydroxylation is 2. The third kappa shape index (κ3) is 4.74. The summed E-state index contributed by atoms with van der Waals surface area (Å²) in [7, 11) is 0. The van der Waals surface area contributed by atoms with Crippen LogP contribution < -0.4 is 10.8 Å². The highest BCUT2D eigenvalue weighted by Gasteiger charge is 2.33. The van der Waals surface area contributed by atoms with Crippen LogP contribution in [0.5, 0.6) is 0 Å². The standard InChI is InChI=1S/C22H26N2O3/c1-14-10-15(2)12-18(11-14)17-8-6-16(7-9-17)13-21(25)23-20-5-3-4-19(20)22(26)24-27/h6-12,19-20,27H,3-5,13H2,1-2H3,(H,23,25)(H,24,26)/t19-,20+/m0/s1. The van der Waals surface area contributed by atoms with E-state index in [-0.39, 0.29) is 24.3 Å². The largest absolute Gasteiger partial charge is 0.352 e. The minimum Gasteiger partial charge on any atom is -0.352 e. The van der Waals surface area contributed by atoms with Crippen LogP contribution in [0.1, 0.15) is 36.0 Å². The quantitative estimate of drug-likeness (QED) is 0.561. The Morgan fingerprint density at radius 3 is 2.30 bits per heavy atom. The Morgan fingerprint density at radius 2 is 1.67 bits per heavy atom. The molecule has 0 bridgehead atoms.